The predicted molar refractivity (Wildman–Crippen MR) is 72.4 cm³/mol. The van der Waals surface area contributed by atoms with E-state index in [-0.39, 0.29) is 12.0 Å². The van der Waals surface area contributed by atoms with Gasteiger partial charge in [0.05, 0.1) is 7.11 Å². The minimum atomic E-state index is -0.0426. The van der Waals surface area contributed by atoms with E-state index in [1.807, 2.05) is 0 Å². The molecule has 0 spiro atoms. The lowest BCUT2D eigenvalue weighted by molar-refractivity contribution is -0.153. The second-order valence-corrected chi connectivity index (χ2v) is 6.60. The van der Waals surface area contributed by atoms with Gasteiger partial charge in [0.1, 0.15) is 6.04 Å². The molecule has 1 saturated heterocycles. The SMILES string of the molecule is COC(=O)C1CCN1CC1(CC(C)C)CCCC1. The molecular formula is C15H27NO2. The molecule has 0 aromatic heterocycles. The zero-order valence-corrected chi connectivity index (χ0v) is 12.1. The van der Waals surface area contributed by atoms with E-state index in [4.69, 9.17) is 4.74 Å². The summed E-state index contributed by atoms with van der Waals surface area (Å²) in [6.07, 6.45) is 7.69. The molecule has 0 amide bonds. The zero-order valence-electron chi connectivity index (χ0n) is 12.1. The van der Waals surface area contributed by atoms with Crippen molar-refractivity contribution >= 4 is 5.97 Å². The van der Waals surface area contributed by atoms with Gasteiger partial charge in [0.15, 0.2) is 0 Å². The number of carbonyl (C=O) groups excluding carboxylic acids is 1. The van der Waals surface area contributed by atoms with Gasteiger partial charge in [-0.05, 0) is 37.0 Å². The summed E-state index contributed by atoms with van der Waals surface area (Å²) >= 11 is 0. The summed E-state index contributed by atoms with van der Waals surface area (Å²) in [6.45, 7) is 6.80. The molecule has 1 aliphatic carbocycles. The molecule has 2 fully saturated rings. The summed E-state index contributed by atoms with van der Waals surface area (Å²) in [4.78, 5) is 14.0. The van der Waals surface area contributed by atoms with Crippen LogP contribution < -0.4 is 0 Å². The smallest absolute Gasteiger partial charge is 0.323 e. The maximum atomic E-state index is 11.6. The average molecular weight is 253 g/mol. The van der Waals surface area contributed by atoms with Gasteiger partial charge < -0.3 is 4.74 Å². The normalized spacial score (nSPS) is 27.2. The standard InChI is InChI=1S/C15H27NO2/c1-12(2)10-15(7-4-5-8-15)11-16-9-6-13(16)14(17)18-3/h12-13H,4-11H2,1-3H3. The molecule has 1 heterocycles. The summed E-state index contributed by atoms with van der Waals surface area (Å²) in [5, 5.41) is 0. The number of rotatable bonds is 5. The van der Waals surface area contributed by atoms with Crippen LogP contribution in [-0.4, -0.2) is 37.1 Å². The summed E-state index contributed by atoms with van der Waals surface area (Å²) in [5.41, 5.74) is 0.473. The third-order valence-corrected chi connectivity index (χ3v) is 4.65. The lowest BCUT2D eigenvalue weighted by Gasteiger charge is -2.45. The van der Waals surface area contributed by atoms with Crippen LogP contribution in [0, 0.1) is 11.3 Å². The van der Waals surface area contributed by atoms with Crippen LogP contribution in [-0.2, 0) is 9.53 Å². The molecule has 104 valence electrons. The van der Waals surface area contributed by atoms with Crippen molar-refractivity contribution in [3.05, 3.63) is 0 Å². The Labute approximate surface area is 111 Å². The first kappa shape index (κ1) is 13.9. The Hall–Kier alpha value is -0.570. The maximum absolute atomic E-state index is 11.6. The van der Waals surface area contributed by atoms with Gasteiger partial charge in [0.2, 0.25) is 0 Å². The third kappa shape index (κ3) is 2.87. The number of likely N-dealkylation sites (tertiary alicyclic amines) is 1. The topological polar surface area (TPSA) is 29.5 Å². The summed E-state index contributed by atoms with van der Waals surface area (Å²) < 4.78 is 4.88. The van der Waals surface area contributed by atoms with E-state index in [1.54, 1.807) is 0 Å². The average Bonchev–Trinajstić information content (AvgIpc) is 2.72. The molecule has 18 heavy (non-hydrogen) atoms. The largest absolute Gasteiger partial charge is 0.468 e. The minimum Gasteiger partial charge on any atom is -0.468 e. The summed E-state index contributed by atoms with van der Waals surface area (Å²) in [5.74, 6) is 0.708. The molecular weight excluding hydrogens is 226 g/mol. The Morgan fingerprint density at radius 2 is 2.06 bits per heavy atom. The van der Waals surface area contributed by atoms with E-state index in [1.165, 1.54) is 39.2 Å². The van der Waals surface area contributed by atoms with Crippen molar-refractivity contribution in [2.75, 3.05) is 20.2 Å². The molecule has 0 radical (unpaired) electrons. The van der Waals surface area contributed by atoms with Gasteiger partial charge >= 0.3 is 5.97 Å². The van der Waals surface area contributed by atoms with Crippen molar-refractivity contribution in [1.29, 1.82) is 0 Å². The van der Waals surface area contributed by atoms with Gasteiger partial charge in [-0.2, -0.15) is 0 Å². The van der Waals surface area contributed by atoms with Crippen LogP contribution in [0.4, 0.5) is 0 Å². The number of hydrogen-bond acceptors (Lipinski definition) is 3. The molecule has 2 aliphatic rings. The number of ether oxygens (including phenoxy) is 1. The van der Waals surface area contributed by atoms with Crippen LogP contribution in [0.3, 0.4) is 0 Å². The third-order valence-electron chi connectivity index (χ3n) is 4.65. The maximum Gasteiger partial charge on any atom is 0.323 e. The fourth-order valence-corrected chi connectivity index (χ4v) is 3.88. The van der Waals surface area contributed by atoms with Crippen LogP contribution in [0.2, 0.25) is 0 Å². The highest BCUT2D eigenvalue weighted by Crippen LogP contribution is 2.45. The Balaban J connectivity index is 1.95. The van der Waals surface area contributed by atoms with Crippen molar-refractivity contribution in [3.63, 3.8) is 0 Å². The van der Waals surface area contributed by atoms with E-state index >= 15 is 0 Å². The van der Waals surface area contributed by atoms with E-state index in [0.717, 1.165) is 25.4 Å². The lowest BCUT2D eigenvalue weighted by atomic mass is 9.77. The fourth-order valence-electron chi connectivity index (χ4n) is 3.88. The molecule has 3 nitrogen and oxygen atoms in total. The summed E-state index contributed by atoms with van der Waals surface area (Å²) in [6, 6.07) is 0.0413. The van der Waals surface area contributed by atoms with E-state index in [9.17, 15) is 4.79 Å². The van der Waals surface area contributed by atoms with Crippen LogP contribution in [0.15, 0.2) is 0 Å². The molecule has 3 heteroatoms. The van der Waals surface area contributed by atoms with Gasteiger partial charge in [-0.3, -0.25) is 9.69 Å². The molecule has 1 unspecified atom stereocenters. The fraction of sp³-hybridized carbons (Fsp3) is 0.933. The Bertz CT molecular complexity index is 295. The molecule has 1 atom stereocenters. The van der Waals surface area contributed by atoms with Crippen molar-refractivity contribution in [2.45, 2.75) is 58.4 Å². The van der Waals surface area contributed by atoms with Gasteiger partial charge in [0, 0.05) is 13.1 Å². The second-order valence-electron chi connectivity index (χ2n) is 6.60. The van der Waals surface area contributed by atoms with E-state index in [2.05, 4.69) is 18.7 Å². The quantitative estimate of drug-likeness (QED) is 0.706. The molecule has 1 saturated carbocycles. The molecule has 0 aromatic carbocycles. The lowest BCUT2D eigenvalue weighted by Crippen LogP contribution is -2.56. The van der Waals surface area contributed by atoms with E-state index in [0.29, 0.717) is 5.41 Å². The predicted octanol–water partition coefficient (Wildman–Crippen LogP) is 2.84. The van der Waals surface area contributed by atoms with Crippen molar-refractivity contribution < 1.29 is 9.53 Å². The number of carbonyl (C=O) groups is 1. The minimum absolute atomic E-state index is 0.0413. The molecule has 0 aromatic rings. The highest BCUT2D eigenvalue weighted by molar-refractivity contribution is 5.76. The van der Waals surface area contributed by atoms with Crippen molar-refractivity contribution in [3.8, 4) is 0 Å². The van der Waals surface area contributed by atoms with Gasteiger partial charge in [-0.15, -0.1) is 0 Å². The number of nitrogens with zero attached hydrogens (tertiary/aromatic N) is 1. The van der Waals surface area contributed by atoms with Crippen LogP contribution in [0.1, 0.15) is 52.4 Å². The monoisotopic (exact) mass is 253 g/mol. The van der Waals surface area contributed by atoms with E-state index < -0.39 is 0 Å². The number of methoxy groups -OCH3 is 1. The van der Waals surface area contributed by atoms with Crippen molar-refractivity contribution in [1.82, 2.24) is 4.90 Å². The highest BCUT2D eigenvalue weighted by atomic mass is 16.5. The summed E-state index contributed by atoms with van der Waals surface area (Å²) in [7, 11) is 1.50. The number of esters is 1. The molecule has 2 rings (SSSR count). The highest BCUT2D eigenvalue weighted by Gasteiger charge is 2.42. The van der Waals surface area contributed by atoms with Crippen molar-refractivity contribution in [2.24, 2.45) is 11.3 Å². The number of hydrogen-bond donors (Lipinski definition) is 0. The van der Waals surface area contributed by atoms with Crippen LogP contribution in [0.5, 0.6) is 0 Å². The Morgan fingerprint density at radius 3 is 2.50 bits per heavy atom. The van der Waals surface area contributed by atoms with Crippen LogP contribution >= 0.6 is 0 Å². The Kier molecular flexibility index (Phi) is 4.31. The molecule has 0 bridgehead atoms. The molecule has 1 aliphatic heterocycles. The van der Waals surface area contributed by atoms with Gasteiger partial charge in [-0.1, -0.05) is 26.7 Å². The molecule has 0 N–H and O–H groups in total. The first-order valence-corrected chi connectivity index (χ1v) is 7.38. The van der Waals surface area contributed by atoms with Gasteiger partial charge in [0.25, 0.3) is 0 Å². The first-order valence-electron chi connectivity index (χ1n) is 7.38. The Morgan fingerprint density at radius 1 is 1.39 bits per heavy atom. The van der Waals surface area contributed by atoms with Gasteiger partial charge in [-0.25, -0.2) is 0 Å². The first-order chi connectivity index (χ1) is 8.56. The zero-order chi connectivity index (χ0) is 13.2. The van der Waals surface area contributed by atoms with Crippen LogP contribution in [0.25, 0.3) is 0 Å². The second kappa shape index (κ2) is 5.60.